The second-order valence-corrected chi connectivity index (χ2v) is 3.26. The van der Waals surface area contributed by atoms with E-state index in [4.69, 9.17) is 0 Å². The Labute approximate surface area is 89.1 Å². The van der Waals surface area contributed by atoms with Crippen molar-refractivity contribution in [2.45, 2.75) is 19.3 Å². The number of methoxy groups -OCH3 is 1. The molecule has 1 unspecified atom stereocenters. The van der Waals surface area contributed by atoms with Gasteiger partial charge in [0.25, 0.3) is 0 Å². The van der Waals surface area contributed by atoms with Crippen molar-refractivity contribution in [3.05, 3.63) is 35.4 Å². The number of hydrogen-bond donors (Lipinski definition) is 0. The molecule has 0 saturated heterocycles. The van der Waals surface area contributed by atoms with E-state index in [1.165, 1.54) is 7.11 Å². The second-order valence-electron chi connectivity index (χ2n) is 3.26. The van der Waals surface area contributed by atoms with E-state index in [0.29, 0.717) is 5.56 Å². The lowest BCUT2D eigenvalue weighted by molar-refractivity contribution is -0.109. The molecular weight excluding hydrogens is 192 g/mol. The molecule has 0 aliphatic heterocycles. The van der Waals surface area contributed by atoms with Crippen LogP contribution in [0.5, 0.6) is 0 Å². The van der Waals surface area contributed by atoms with Gasteiger partial charge in [-0.3, -0.25) is 0 Å². The van der Waals surface area contributed by atoms with E-state index < -0.39 is 0 Å². The Morgan fingerprint density at radius 2 is 2.00 bits per heavy atom. The molecule has 0 aliphatic carbocycles. The predicted molar refractivity (Wildman–Crippen MR) is 56.9 cm³/mol. The molecule has 3 heteroatoms. The number of hydrogen-bond acceptors (Lipinski definition) is 3. The van der Waals surface area contributed by atoms with E-state index in [9.17, 15) is 9.59 Å². The number of carbonyl (C=O) groups excluding carboxylic acids is 2. The highest BCUT2D eigenvalue weighted by molar-refractivity contribution is 5.89. The third kappa shape index (κ3) is 2.65. The van der Waals surface area contributed by atoms with E-state index in [-0.39, 0.29) is 11.9 Å². The summed E-state index contributed by atoms with van der Waals surface area (Å²) in [6.07, 6.45) is 1.69. The van der Waals surface area contributed by atoms with Crippen LogP contribution in [-0.4, -0.2) is 19.4 Å². The summed E-state index contributed by atoms with van der Waals surface area (Å²) in [6.45, 7) is 1.95. The minimum atomic E-state index is -0.360. The molecule has 0 radical (unpaired) electrons. The number of carbonyl (C=O) groups is 2. The highest BCUT2D eigenvalue weighted by Gasteiger charge is 2.09. The minimum Gasteiger partial charge on any atom is -0.465 e. The summed E-state index contributed by atoms with van der Waals surface area (Å²) < 4.78 is 4.58. The van der Waals surface area contributed by atoms with Crippen LogP contribution < -0.4 is 0 Å². The van der Waals surface area contributed by atoms with Crippen LogP contribution in [0.3, 0.4) is 0 Å². The molecule has 0 spiro atoms. The summed E-state index contributed by atoms with van der Waals surface area (Å²) in [7, 11) is 1.34. The standard InChI is InChI=1S/C12H14O3/c1-3-9(8-13)10-4-6-11(7-5-10)12(14)15-2/h4-9H,3H2,1-2H3. The van der Waals surface area contributed by atoms with Gasteiger partial charge in [0, 0.05) is 5.92 Å². The zero-order valence-electron chi connectivity index (χ0n) is 8.90. The van der Waals surface area contributed by atoms with E-state index >= 15 is 0 Å². The van der Waals surface area contributed by atoms with Crippen LogP contribution in [0.1, 0.15) is 35.2 Å². The fraction of sp³-hybridized carbons (Fsp3) is 0.333. The molecular formula is C12H14O3. The first kappa shape index (κ1) is 11.4. The molecule has 1 atom stereocenters. The third-order valence-corrected chi connectivity index (χ3v) is 2.36. The first-order chi connectivity index (χ1) is 7.22. The highest BCUT2D eigenvalue weighted by Crippen LogP contribution is 2.17. The van der Waals surface area contributed by atoms with Crippen LogP contribution in [0.2, 0.25) is 0 Å². The average Bonchev–Trinajstić information content (AvgIpc) is 2.30. The SMILES string of the molecule is CCC(C=O)c1ccc(C(=O)OC)cc1. The maximum atomic E-state index is 11.1. The van der Waals surface area contributed by atoms with Gasteiger partial charge in [-0.25, -0.2) is 4.79 Å². The van der Waals surface area contributed by atoms with Gasteiger partial charge in [0.05, 0.1) is 12.7 Å². The largest absolute Gasteiger partial charge is 0.465 e. The summed E-state index contributed by atoms with van der Waals surface area (Å²) >= 11 is 0. The molecule has 0 bridgehead atoms. The van der Waals surface area contributed by atoms with Crippen molar-refractivity contribution >= 4 is 12.3 Å². The van der Waals surface area contributed by atoms with Crippen molar-refractivity contribution in [2.75, 3.05) is 7.11 Å². The maximum absolute atomic E-state index is 11.1. The molecule has 0 saturated carbocycles. The lowest BCUT2D eigenvalue weighted by Gasteiger charge is -2.07. The second kappa shape index (κ2) is 5.29. The molecule has 0 fully saturated rings. The minimum absolute atomic E-state index is 0.0864. The van der Waals surface area contributed by atoms with Gasteiger partial charge in [0.15, 0.2) is 0 Å². The van der Waals surface area contributed by atoms with Crippen LogP contribution >= 0.6 is 0 Å². The van der Waals surface area contributed by atoms with Crippen LogP contribution in [0.25, 0.3) is 0 Å². The van der Waals surface area contributed by atoms with Crippen LogP contribution in [-0.2, 0) is 9.53 Å². The Bertz CT molecular complexity index is 340. The van der Waals surface area contributed by atoms with Crippen molar-refractivity contribution < 1.29 is 14.3 Å². The van der Waals surface area contributed by atoms with E-state index in [1.54, 1.807) is 24.3 Å². The molecule has 0 N–H and O–H groups in total. The molecule has 0 amide bonds. The first-order valence-electron chi connectivity index (χ1n) is 4.86. The summed E-state index contributed by atoms with van der Waals surface area (Å²) in [5.41, 5.74) is 1.43. The summed E-state index contributed by atoms with van der Waals surface area (Å²) in [4.78, 5) is 21.9. The Kier molecular flexibility index (Phi) is 4.03. The quantitative estimate of drug-likeness (QED) is 0.560. The van der Waals surface area contributed by atoms with Crippen molar-refractivity contribution in [2.24, 2.45) is 0 Å². The van der Waals surface area contributed by atoms with E-state index in [1.807, 2.05) is 6.92 Å². The molecule has 3 nitrogen and oxygen atoms in total. The van der Waals surface area contributed by atoms with Gasteiger partial charge in [-0.05, 0) is 24.1 Å². The molecule has 1 aromatic carbocycles. The zero-order valence-corrected chi connectivity index (χ0v) is 8.90. The van der Waals surface area contributed by atoms with Crippen LogP contribution in [0, 0.1) is 0 Å². The maximum Gasteiger partial charge on any atom is 0.337 e. The fourth-order valence-corrected chi connectivity index (χ4v) is 1.39. The Hall–Kier alpha value is -1.64. The van der Waals surface area contributed by atoms with Crippen molar-refractivity contribution in [3.8, 4) is 0 Å². The van der Waals surface area contributed by atoms with E-state index in [0.717, 1.165) is 18.3 Å². The summed E-state index contributed by atoms with van der Waals surface area (Å²) in [5, 5.41) is 0. The molecule has 80 valence electrons. The summed E-state index contributed by atoms with van der Waals surface area (Å²) in [6, 6.07) is 6.92. The number of benzene rings is 1. The van der Waals surface area contributed by atoms with Gasteiger partial charge in [-0.2, -0.15) is 0 Å². The topological polar surface area (TPSA) is 43.4 Å². The average molecular weight is 206 g/mol. The smallest absolute Gasteiger partial charge is 0.337 e. The lowest BCUT2D eigenvalue weighted by Crippen LogP contribution is -2.03. The Balaban J connectivity index is 2.89. The molecule has 1 aromatic rings. The fourth-order valence-electron chi connectivity index (χ4n) is 1.39. The van der Waals surface area contributed by atoms with Gasteiger partial charge >= 0.3 is 5.97 Å². The van der Waals surface area contributed by atoms with Gasteiger partial charge in [-0.15, -0.1) is 0 Å². The molecule has 0 aliphatic rings. The Morgan fingerprint density at radius 1 is 1.40 bits per heavy atom. The highest BCUT2D eigenvalue weighted by atomic mass is 16.5. The monoisotopic (exact) mass is 206 g/mol. The van der Waals surface area contributed by atoms with Crippen molar-refractivity contribution in [1.29, 1.82) is 0 Å². The molecule has 15 heavy (non-hydrogen) atoms. The van der Waals surface area contributed by atoms with Gasteiger partial charge in [0.1, 0.15) is 6.29 Å². The predicted octanol–water partition coefficient (Wildman–Crippen LogP) is 2.17. The molecule has 0 heterocycles. The Morgan fingerprint density at radius 3 is 2.40 bits per heavy atom. The number of ether oxygens (including phenoxy) is 1. The van der Waals surface area contributed by atoms with E-state index in [2.05, 4.69) is 4.74 Å². The van der Waals surface area contributed by atoms with Crippen molar-refractivity contribution in [1.82, 2.24) is 0 Å². The molecule has 1 rings (SSSR count). The first-order valence-corrected chi connectivity index (χ1v) is 4.86. The third-order valence-electron chi connectivity index (χ3n) is 2.36. The van der Waals surface area contributed by atoms with Crippen LogP contribution in [0.15, 0.2) is 24.3 Å². The number of aldehydes is 1. The molecule has 0 aromatic heterocycles. The van der Waals surface area contributed by atoms with Gasteiger partial charge in [0.2, 0.25) is 0 Å². The van der Waals surface area contributed by atoms with Gasteiger partial charge < -0.3 is 9.53 Å². The van der Waals surface area contributed by atoms with Crippen LogP contribution in [0.4, 0.5) is 0 Å². The van der Waals surface area contributed by atoms with Gasteiger partial charge in [-0.1, -0.05) is 19.1 Å². The van der Waals surface area contributed by atoms with Crippen molar-refractivity contribution in [3.63, 3.8) is 0 Å². The number of esters is 1. The lowest BCUT2D eigenvalue weighted by atomic mass is 9.97. The zero-order chi connectivity index (χ0) is 11.3. The number of rotatable bonds is 4. The summed E-state index contributed by atoms with van der Waals surface area (Å²) in [5.74, 6) is -0.447. The normalized spacial score (nSPS) is 11.9.